The number of nitrogens with zero attached hydrogens (tertiary/aromatic N) is 4. The van der Waals surface area contributed by atoms with Crippen molar-refractivity contribution in [1.29, 1.82) is 0 Å². The molecule has 0 saturated heterocycles. The maximum absolute atomic E-state index is 5.72. The van der Waals surface area contributed by atoms with Gasteiger partial charge in [0.05, 0.1) is 6.33 Å². The van der Waals surface area contributed by atoms with E-state index in [1.165, 1.54) is 11.9 Å². The van der Waals surface area contributed by atoms with Gasteiger partial charge in [0.15, 0.2) is 11.5 Å². The number of hydrogen-bond acceptors (Lipinski definition) is 4. The zero-order valence-electron chi connectivity index (χ0n) is 8.54. The lowest BCUT2D eigenvalue weighted by atomic mass is 10.3. The molecule has 0 aliphatic carbocycles. The molecule has 5 nitrogen and oxygen atoms in total. The van der Waals surface area contributed by atoms with Gasteiger partial charge >= 0.3 is 0 Å². The standard InChI is InChI=1S/C11H10N5/c12-10-9-11(14-6-13-10)16(7-15-9)5-8-3-1-2-4-8/h1-4,6-7H,5H2,(H2,12,13,14)/q-1. The van der Waals surface area contributed by atoms with Crippen molar-refractivity contribution < 1.29 is 0 Å². The summed E-state index contributed by atoms with van der Waals surface area (Å²) in [6.07, 6.45) is 3.20. The third kappa shape index (κ3) is 1.33. The fraction of sp³-hybridized carbons (Fsp3) is 0.0909. The van der Waals surface area contributed by atoms with Crippen LogP contribution < -0.4 is 5.73 Å². The van der Waals surface area contributed by atoms with Crippen LogP contribution in [0.5, 0.6) is 0 Å². The lowest BCUT2D eigenvalue weighted by Crippen LogP contribution is -1.99. The third-order valence-corrected chi connectivity index (χ3v) is 2.51. The molecule has 0 bridgehead atoms. The zero-order valence-corrected chi connectivity index (χ0v) is 8.54. The average Bonchev–Trinajstić information content (AvgIpc) is 2.90. The van der Waals surface area contributed by atoms with Gasteiger partial charge in [-0.05, 0) is 0 Å². The molecular weight excluding hydrogens is 202 g/mol. The van der Waals surface area contributed by atoms with E-state index in [0.29, 0.717) is 11.3 Å². The molecule has 0 radical (unpaired) electrons. The van der Waals surface area contributed by atoms with Crippen molar-refractivity contribution in [3.63, 3.8) is 0 Å². The molecule has 2 heterocycles. The van der Waals surface area contributed by atoms with Crippen LogP contribution in [0, 0.1) is 0 Å². The summed E-state index contributed by atoms with van der Waals surface area (Å²) in [6.45, 7) is 0.750. The Kier molecular flexibility index (Phi) is 1.89. The van der Waals surface area contributed by atoms with E-state index >= 15 is 0 Å². The first-order valence-corrected chi connectivity index (χ1v) is 4.96. The van der Waals surface area contributed by atoms with Gasteiger partial charge in [-0.25, -0.2) is 27.1 Å². The molecular formula is C11H10N5-. The highest BCUT2D eigenvalue weighted by Gasteiger charge is 2.06. The molecule has 2 aromatic heterocycles. The van der Waals surface area contributed by atoms with Crippen molar-refractivity contribution in [2.45, 2.75) is 6.54 Å². The van der Waals surface area contributed by atoms with Crippen molar-refractivity contribution in [3.8, 4) is 0 Å². The van der Waals surface area contributed by atoms with Crippen LogP contribution in [0.15, 0.2) is 36.9 Å². The van der Waals surface area contributed by atoms with E-state index in [1.807, 2.05) is 16.7 Å². The van der Waals surface area contributed by atoms with E-state index in [-0.39, 0.29) is 0 Å². The summed E-state index contributed by atoms with van der Waals surface area (Å²) in [5.41, 5.74) is 8.37. The Bertz CT molecular complexity index is 608. The number of hydrogen-bond donors (Lipinski definition) is 1. The molecule has 0 saturated carbocycles. The van der Waals surface area contributed by atoms with Crippen molar-refractivity contribution in [2.75, 3.05) is 5.73 Å². The first-order chi connectivity index (χ1) is 7.84. The van der Waals surface area contributed by atoms with Crippen molar-refractivity contribution in [2.24, 2.45) is 0 Å². The molecule has 1 aromatic carbocycles. The number of imidazole rings is 1. The maximum Gasteiger partial charge on any atom is 0.164 e. The largest absolute Gasteiger partial charge is 0.382 e. The van der Waals surface area contributed by atoms with Crippen LogP contribution in [0.2, 0.25) is 0 Å². The Morgan fingerprint density at radius 2 is 2.00 bits per heavy atom. The molecule has 0 aliphatic heterocycles. The Balaban J connectivity index is 2.08. The first kappa shape index (κ1) is 8.96. The van der Waals surface area contributed by atoms with Crippen LogP contribution >= 0.6 is 0 Å². The minimum absolute atomic E-state index is 0.422. The van der Waals surface area contributed by atoms with Crippen LogP contribution in [-0.2, 0) is 6.54 Å². The van der Waals surface area contributed by atoms with Gasteiger partial charge in [0, 0.05) is 6.54 Å². The topological polar surface area (TPSA) is 69.6 Å². The smallest absolute Gasteiger partial charge is 0.164 e. The average molecular weight is 212 g/mol. The van der Waals surface area contributed by atoms with Crippen LogP contribution in [0.3, 0.4) is 0 Å². The Morgan fingerprint density at radius 1 is 1.19 bits per heavy atom. The second-order valence-corrected chi connectivity index (χ2v) is 3.60. The lowest BCUT2D eigenvalue weighted by molar-refractivity contribution is 0.815. The first-order valence-electron chi connectivity index (χ1n) is 4.96. The van der Waals surface area contributed by atoms with E-state index in [1.54, 1.807) is 6.33 Å². The van der Waals surface area contributed by atoms with E-state index in [4.69, 9.17) is 5.73 Å². The SMILES string of the molecule is Nc1ncnc2c1ncn2C[c-]1cccc1. The van der Waals surface area contributed by atoms with E-state index in [9.17, 15) is 0 Å². The quantitative estimate of drug-likeness (QED) is 0.647. The summed E-state index contributed by atoms with van der Waals surface area (Å²) in [6, 6.07) is 8.16. The van der Waals surface area contributed by atoms with Gasteiger partial charge in [-0.2, -0.15) is 12.1 Å². The molecule has 16 heavy (non-hydrogen) atoms. The molecule has 0 amide bonds. The minimum Gasteiger partial charge on any atom is -0.382 e. The summed E-state index contributed by atoms with van der Waals surface area (Å²) >= 11 is 0. The van der Waals surface area contributed by atoms with Crippen LogP contribution in [0.1, 0.15) is 5.56 Å². The number of aromatic nitrogens is 4. The highest BCUT2D eigenvalue weighted by Crippen LogP contribution is 2.15. The number of nitrogens with two attached hydrogens (primary N) is 1. The fourth-order valence-electron chi connectivity index (χ4n) is 1.73. The monoisotopic (exact) mass is 212 g/mol. The number of fused-ring (bicyclic) bond motifs is 1. The maximum atomic E-state index is 5.72. The number of anilines is 1. The summed E-state index contributed by atoms with van der Waals surface area (Å²) in [5, 5.41) is 0. The number of nitrogen functional groups attached to an aromatic ring is 1. The normalized spacial score (nSPS) is 11.0. The Labute approximate surface area is 91.9 Å². The van der Waals surface area contributed by atoms with E-state index in [2.05, 4.69) is 27.1 Å². The summed E-state index contributed by atoms with van der Waals surface area (Å²) in [7, 11) is 0. The molecule has 0 aliphatic rings. The summed E-state index contributed by atoms with van der Waals surface area (Å²) in [4.78, 5) is 12.3. The fourth-order valence-corrected chi connectivity index (χ4v) is 1.73. The lowest BCUT2D eigenvalue weighted by Gasteiger charge is -2.05. The van der Waals surface area contributed by atoms with Crippen LogP contribution in [0.25, 0.3) is 11.2 Å². The molecule has 3 rings (SSSR count). The zero-order chi connectivity index (χ0) is 11.0. The highest BCUT2D eigenvalue weighted by atomic mass is 15.1. The minimum atomic E-state index is 0.422. The molecule has 0 unspecified atom stereocenters. The number of rotatable bonds is 2. The predicted molar refractivity (Wildman–Crippen MR) is 60.9 cm³/mol. The van der Waals surface area contributed by atoms with Crippen molar-refractivity contribution >= 4 is 17.0 Å². The molecule has 5 heteroatoms. The highest BCUT2D eigenvalue weighted by molar-refractivity contribution is 5.81. The van der Waals surface area contributed by atoms with Crippen LogP contribution in [-0.4, -0.2) is 19.5 Å². The second-order valence-electron chi connectivity index (χ2n) is 3.60. The van der Waals surface area contributed by atoms with Crippen LogP contribution in [0.4, 0.5) is 5.82 Å². The van der Waals surface area contributed by atoms with Gasteiger partial charge in [-0.3, -0.25) is 0 Å². The summed E-state index contributed by atoms with van der Waals surface area (Å²) in [5.74, 6) is 0.422. The van der Waals surface area contributed by atoms with E-state index < -0.39 is 0 Å². The van der Waals surface area contributed by atoms with Crippen molar-refractivity contribution in [1.82, 2.24) is 19.5 Å². The van der Waals surface area contributed by atoms with E-state index in [0.717, 1.165) is 12.2 Å². The molecule has 3 aromatic rings. The molecule has 0 atom stereocenters. The Morgan fingerprint density at radius 3 is 2.81 bits per heavy atom. The van der Waals surface area contributed by atoms with Crippen molar-refractivity contribution in [3.05, 3.63) is 42.5 Å². The van der Waals surface area contributed by atoms with Gasteiger partial charge in [-0.15, -0.1) is 5.56 Å². The molecule has 0 spiro atoms. The molecule has 80 valence electrons. The predicted octanol–water partition coefficient (Wildman–Crippen LogP) is 1.18. The molecule has 0 fully saturated rings. The second kappa shape index (κ2) is 3.37. The molecule has 2 N–H and O–H groups in total. The van der Waals surface area contributed by atoms with Gasteiger partial charge in [0.25, 0.3) is 0 Å². The Hall–Kier alpha value is -2.30. The third-order valence-electron chi connectivity index (χ3n) is 2.51. The summed E-state index contributed by atoms with van der Waals surface area (Å²) < 4.78 is 1.96. The van der Waals surface area contributed by atoms with Gasteiger partial charge in [-0.1, -0.05) is 0 Å². The van der Waals surface area contributed by atoms with Gasteiger partial charge in [0.1, 0.15) is 11.8 Å². The van der Waals surface area contributed by atoms with Gasteiger partial charge < -0.3 is 10.3 Å². The van der Waals surface area contributed by atoms with Gasteiger partial charge in [0.2, 0.25) is 0 Å².